The summed E-state index contributed by atoms with van der Waals surface area (Å²) in [7, 11) is 0. The summed E-state index contributed by atoms with van der Waals surface area (Å²) in [5.41, 5.74) is 1.94. The average Bonchev–Trinajstić information content (AvgIpc) is 3.54. The molecule has 186 valence electrons. The van der Waals surface area contributed by atoms with Crippen LogP contribution in [-0.4, -0.2) is 54.1 Å². The second-order valence-corrected chi connectivity index (χ2v) is 10.1. The predicted octanol–water partition coefficient (Wildman–Crippen LogP) is 4.64. The van der Waals surface area contributed by atoms with E-state index in [-0.39, 0.29) is 17.9 Å². The number of oxazole rings is 1. The number of aliphatic hydroxyl groups is 1. The molecule has 1 amide bonds. The number of benzene rings is 2. The fourth-order valence-electron chi connectivity index (χ4n) is 4.80. The van der Waals surface area contributed by atoms with Crippen LogP contribution in [0.4, 0.5) is 0 Å². The van der Waals surface area contributed by atoms with Gasteiger partial charge in [-0.15, -0.1) is 0 Å². The number of carbonyl (C=O) groups excluding carboxylic acids is 1. The third-order valence-corrected chi connectivity index (χ3v) is 6.61. The van der Waals surface area contributed by atoms with Gasteiger partial charge >= 0.3 is 0 Å². The third kappa shape index (κ3) is 4.95. The number of hydrogen-bond donors (Lipinski definition) is 1. The van der Waals surface area contributed by atoms with E-state index in [2.05, 4.69) is 17.1 Å². The Morgan fingerprint density at radius 2 is 1.75 bits per heavy atom. The Morgan fingerprint density at radius 1 is 1.06 bits per heavy atom. The Morgan fingerprint density at radius 3 is 2.47 bits per heavy atom. The Hall–Kier alpha value is -3.78. The second-order valence-electron chi connectivity index (χ2n) is 10.1. The van der Waals surface area contributed by atoms with Gasteiger partial charge in [-0.3, -0.25) is 4.79 Å². The normalized spacial score (nSPS) is 18.4. The molecule has 0 bridgehead atoms. The minimum Gasteiger partial charge on any atom is -0.440 e. The molecular formula is C28H31N5O3. The van der Waals surface area contributed by atoms with Crippen molar-refractivity contribution in [1.29, 1.82) is 0 Å². The first-order chi connectivity index (χ1) is 17.3. The highest BCUT2D eigenvalue weighted by Crippen LogP contribution is 2.35. The smallest absolute Gasteiger partial charge is 0.256 e. The van der Waals surface area contributed by atoms with E-state index in [4.69, 9.17) is 9.40 Å². The minimum absolute atomic E-state index is 0.0434. The van der Waals surface area contributed by atoms with Crippen molar-refractivity contribution in [1.82, 2.24) is 24.9 Å². The van der Waals surface area contributed by atoms with Crippen molar-refractivity contribution >= 4 is 5.91 Å². The number of para-hydroxylation sites is 1. The van der Waals surface area contributed by atoms with E-state index in [9.17, 15) is 9.90 Å². The van der Waals surface area contributed by atoms with E-state index in [1.165, 1.54) is 4.80 Å². The van der Waals surface area contributed by atoms with Crippen molar-refractivity contribution in [3.63, 3.8) is 0 Å². The molecule has 1 N–H and O–H groups in total. The molecule has 1 aliphatic heterocycles. The van der Waals surface area contributed by atoms with Gasteiger partial charge in [0, 0.05) is 24.6 Å². The minimum atomic E-state index is -0.926. The maximum absolute atomic E-state index is 13.8. The summed E-state index contributed by atoms with van der Waals surface area (Å²) in [5.74, 6) is 1.18. The molecule has 3 heterocycles. The molecule has 2 aromatic heterocycles. The molecule has 2 atom stereocenters. The molecular weight excluding hydrogens is 454 g/mol. The fraction of sp³-hybridized carbons (Fsp3) is 0.357. The SMILES string of the molecule is CC1CCC(c2nc(CC(C)(C)O)c(-c3ccccc3)o2)CN1C(=O)c1ccccc1-n1nccn1. The standard InChI is InChI=1S/C28H31N5O3/c1-19-13-14-21(18-32(19)27(34)22-11-7-8-12-24(22)33-29-15-16-30-33)26-31-23(17-28(2,3)35)25(36-26)20-9-5-4-6-10-20/h4-12,15-16,19,21,35H,13-14,17-18H2,1-3H3. The van der Waals surface area contributed by atoms with Crippen LogP contribution in [0.25, 0.3) is 17.0 Å². The van der Waals surface area contributed by atoms with Crippen LogP contribution < -0.4 is 0 Å². The zero-order valence-corrected chi connectivity index (χ0v) is 20.8. The van der Waals surface area contributed by atoms with Crippen LogP contribution in [0.1, 0.15) is 61.5 Å². The lowest BCUT2D eigenvalue weighted by molar-refractivity contribution is 0.0597. The molecule has 2 aromatic carbocycles. The van der Waals surface area contributed by atoms with Crippen LogP contribution in [0.15, 0.2) is 71.4 Å². The largest absolute Gasteiger partial charge is 0.440 e. The summed E-state index contributed by atoms with van der Waals surface area (Å²) >= 11 is 0. The first kappa shape index (κ1) is 23.9. The maximum Gasteiger partial charge on any atom is 0.256 e. The summed E-state index contributed by atoms with van der Waals surface area (Å²) in [6, 6.07) is 17.3. The number of carbonyl (C=O) groups is 1. The van der Waals surface area contributed by atoms with Crippen molar-refractivity contribution in [2.24, 2.45) is 0 Å². The maximum atomic E-state index is 13.8. The molecule has 8 heteroatoms. The molecule has 2 unspecified atom stereocenters. The Bertz CT molecular complexity index is 1320. The zero-order valence-electron chi connectivity index (χ0n) is 20.8. The van der Waals surface area contributed by atoms with Gasteiger partial charge in [-0.25, -0.2) is 4.98 Å². The lowest BCUT2D eigenvalue weighted by atomic mass is 9.92. The van der Waals surface area contributed by atoms with Gasteiger partial charge < -0.3 is 14.4 Å². The van der Waals surface area contributed by atoms with Gasteiger partial charge in [0.25, 0.3) is 5.91 Å². The number of amides is 1. The highest BCUT2D eigenvalue weighted by molar-refractivity contribution is 5.98. The van der Waals surface area contributed by atoms with E-state index in [0.717, 1.165) is 24.1 Å². The molecule has 1 saturated heterocycles. The van der Waals surface area contributed by atoms with Gasteiger partial charge in [0.1, 0.15) is 0 Å². The van der Waals surface area contributed by atoms with E-state index in [0.29, 0.717) is 35.9 Å². The van der Waals surface area contributed by atoms with Crippen molar-refractivity contribution in [2.45, 2.75) is 57.6 Å². The Kier molecular flexibility index (Phi) is 6.45. The van der Waals surface area contributed by atoms with E-state index in [1.807, 2.05) is 59.5 Å². The predicted molar refractivity (Wildman–Crippen MR) is 136 cm³/mol. The van der Waals surface area contributed by atoms with Gasteiger partial charge in [0.15, 0.2) is 11.7 Å². The number of rotatable bonds is 6. The van der Waals surface area contributed by atoms with Crippen LogP contribution >= 0.6 is 0 Å². The molecule has 4 aromatic rings. The molecule has 0 aliphatic carbocycles. The Balaban J connectivity index is 1.45. The lowest BCUT2D eigenvalue weighted by Gasteiger charge is -2.37. The molecule has 36 heavy (non-hydrogen) atoms. The molecule has 0 saturated carbocycles. The molecule has 0 spiro atoms. The molecule has 1 aliphatic rings. The molecule has 5 rings (SSSR count). The fourth-order valence-corrected chi connectivity index (χ4v) is 4.80. The highest BCUT2D eigenvalue weighted by atomic mass is 16.4. The van der Waals surface area contributed by atoms with Crippen LogP contribution in [0, 0.1) is 0 Å². The van der Waals surface area contributed by atoms with Crippen molar-refractivity contribution < 1.29 is 14.3 Å². The average molecular weight is 486 g/mol. The Labute approximate surface area is 210 Å². The molecule has 1 fully saturated rings. The summed E-state index contributed by atoms with van der Waals surface area (Å²) in [4.78, 5) is 22.0. The number of likely N-dealkylation sites (tertiary alicyclic amines) is 1. The van der Waals surface area contributed by atoms with Gasteiger partial charge in [0.05, 0.1) is 40.9 Å². The number of aromatic nitrogens is 4. The summed E-state index contributed by atoms with van der Waals surface area (Å²) in [6.07, 6.45) is 5.27. The van der Waals surface area contributed by atoms with Gasteiger partial charge in [-0.2, -0.15) is 15.0 Å². The van der Waals surface area contributed by atoms with Gasteiger partial charge in [-0.05, 0) is 45.7 Å². The molecule has 8 nitrogen and oxygen atoms in total. The van der Waals surface area contributed by atoms with Crippen LogP contribution in [-0.2, 0) is 6.42 Å². The van der Waals surface area contributed by atoms with E-state index in [1.54, 1.807) is 26.2 Å². The van der Waals surface area contributed by atoms with Gasteiger partial charge in [0.2, 0.25) is 0 Å². The van der Waals surface area contributed by atoms with Crippen molar-refractivity contribution in [2.75, 3.05) is 6.54 Å². The lowest BCUT2D eigenvalue weighted by Crippen LogP contribution is -2.45. The van der Waals surface area contributed by atoms with Crippen LogP contribution in [0.3, 0.4) is 0 Å². The summed E-state index contributed by atoms with van der Waals surface area (Å²) in [6.45, 7) is 6.11. The first-order valence-electron chi connectivity index (χ1n) is 12.3. The number of piperidine rings is 1. The first-order valence-corrected chi connectivity index (χ1v) is 12.3. The summed E-state index contributed by atoms with van der Waals surface area (Å²) < 4.78 is 6.35. The zero-order chi connectivity index (χ0) is 25.3. The van der Waals surface area contributed by atoms with Crippen LogP contribution in [0.5, 0.6) is 0 Å². The number of nitrogens with zero attached hydrogens (tertiary/aromatic N) is 5. The van der Waals surface area contributed by atoms with Crippen LogP contribution in [0.2, 0.25) is 0 Å². The third-order valence-electron chi connectivity index (χ3n) is 6.61. The van der Waals surface area contributed by atoms with Crippen molar-refractivity contribution in [3.8, 4) is 17.0 Å². The summed E-state index contributed by atoms with van der Waals surface area (Å²) in [5, 5.41) is 18.9. The second kappa shape index (κ2) is 9.70. The van der Waals surface area contributed by atoms with Crippen molar-refractivity contribution in [3.05, 3.63) is 84.1 Å². The molecule has 0 radical (unpaired) electrons. The topological polar surface area (TPSA) is 97.3 Å². The number of hydrogen-bond acceptors (Lipinski definition) is 6. The quantitative estimate of drug-likeness (QED) is 0.427. The van der Waals surface area contributed by atoms with Gasteiger partial charge in [-0.1, -0.05) is 42.5 Å². The van der Waals surface area contributed by atoms with E-state index >= 15 is 0 Å². The monoisotopic (exact) mass is 485 g/mol. The van der Waals surface area contributed by atoms with E-state index < -0.39 is 5.60 Å². The highest BCUT2D eigenvalue weighted by Gasteiger charge is 2.35.